The SMILES string of the molecule is CC(OCC1CC1)C(=O)Nc1cccc(-n2cn[nH]c2=O)c1. The molecule has 3 rings (SSSR count). The molecule has 1 atom stereocenters. The third kappa shape index (κ3) is 3.43. The van der Waals surface area contributed by atoms with Gasteiger partial charge in [-0.25, -0.2) is 14.5 Å². The second kappa shape index (κ2) is 6.15. The monoisotopic (exact) mass is 302 g/mol. The van der Waals surface area contributed by atoms with Gasteiger partial charge in [0, 0.05) is 5.69 Å². The number of rotatable bonds is 6. The van der Waals surface area contributed by atoms with Crippen molar-refractivity contribution in [2.45, 2.75) is 25.9 Å². The highest BCUT2D eigenvalue weighted by Crippen LogP contribution is 2.29. The van der Waals surface area contributed by atoms with Crippen LogP contribution in [0.4, 0.5) is 5.69 Å². The van der Waals surface area contributed by atoms with Crippen LogP contribution in [0.15, 0.2) is 35.4 Å². The summed E-state index contributed by atoms with van der Waals surface area (Å²) < 4.78 is 6.90. The summed E-state index contributed by atoms with van der Waals surface area (Å²) in [6.07, 6.45) is 3.27. The van der Waals surface area contributed by atoms with Gasteiger partial charge in [0.15, 0.2) is 0 Å². The fourth-order valence-corrected chi connectivity index (χ4v) is 2.05. The van der Waals surface area contributed by atoms with Gasteiger partial charge in [0.1, 0.15) is 12.4 Å². The molecule has 0 bridgehead atoms. The van der Waals surface area contributed by atoms with Gasteiger partial charge in [-0.05, 0) is 43.9 Å². The van der Waals surface area contributed by atoms with Crippen molar-refractivity contribution in [1.29, 1.82) is 0 Å². The van der Waals surface area contributed by atoms with E-state index in [2.05, 4.69) is 15.5 Å². The fourth-order valence-electron chi connectivity index (χ4n) is 2.05. The molecule has 1 aliphatic rings. The summed E-state index contributed by atoms with van der Waals surface area (Å²) in [5, 5.41) is 8.81. The quantitative estimate of drug-likeness (QED) is 0.842. The molecule has 22 heavy (non-hydrogen) atoms. The lowest BCUT2D eigenvalue weighted by Crippen LogP contribution is -2.28. The van der Waals surface area contributed by atoms with Crippen molar-refractivity contribution in [2.24, 2.45) is 5.92 Å². The molecule has 0 aliphatic heterocycles. The molecular weight excluding hydrogens is 284 g/mol. The molecule has 1 saturated carbocycles. The Morgan fingerprint density at radius 1 is 1.55 bits per heavy atom. The number of anilines is 1. The van der Waals surface area contributed by atoms with Gasteiger partial charge in [-0.2, -0.15) is 5.10 Å². The highest BCUT2D eigenvalue weighted by atomic mass is 16.5. The summed E-state index contributed by atoms with van der Waals surface area (Å²) in [7, 11) is 0. The zero-order valence-corrected chi connectivity index (χ0v) is 12.3. The lowest BCUT2D eigenvalue weighted by molar-refractivity contribution is -0.126. The lowest BCUT2D eigenvalue weighted by atomic mass is 10.2. The maximum Gasteiger partial charge on any atom is 0.347 e. The van der Waals surface area contributed by atoms with Crippen molar-refractivity contribution in [1.82, 2.24) is 14.8 Å². The topological polar surface area (TPSA) is 89.0 Å². The van der Waals surface area contributed by atoms with Gasteiger partial charge in [-0.3, -0.25) is 4.79 Å². The number of ether oxygens (including phenoxy) is 1. The molecule has 7 heteroatoms. The highest BCUT2D eigenvalue weighted by molar-refractivity contribution is 5.94. The van der Waals surface area contributed by atoms with Crippen LogP contribution >= 0.6 is 0 Å². The second-order valence-electron chi connectivity index (χ2n) is 5.49. The summed E-state index contributed by atoms with van der Waals surface area (Å²) in [5.74, 6) is 0.420. The van der Waals surface area contributed by atoms with Gasteiger partial charge in [0.2, 0.25) is 0 Å². The van der Waals surface area contributed by atoms with Crippen molar-refractivity contribution >= 4 is 11.6 Å². The molecule has 1 heterocycles. The van der Waals surface area contributed by atoms with Crippen LogP contribution in [0, 0.1) is 5.92 Å². The van der Waals surface area contributed by atoms with Crippen LogP contribution in [0.1, 0.15) is 19.8 Å². The standard InChI is InChI=1S/C15H18N4O3/c1-10(22-8-11-5-6-11)14(20)17-12-3-2-4-13(7-12)19-9-16-18-15(19)21/h2-4,7,9-11H,5-6,8H2,1H3,(H,17,20)(H,18,21). The van der Waals surface area contributed by atoms with E-state index in [1.165, 1.54) is 23.7 Å². The van der Waals surface area contributed by atoms with Crippen molar-refractivity contribution in [3.8, 4) is 5.69 Å². The largest absolute Gasteiger partial charge is 0.368 e. The molecule has 1 amide bonds. The number of carbonyl (C=O) groups excluding carboxylic acids is 1. The smallest absolute Gasteiger partial charge is 0.347 e. The molecule has 0 radical (unpaired) electrons. The first-order valence-corrected chi connectivity index (χ1v) is 7.28. The first-order chi connectivity index (χ1) is 10.6. The Bertz CT molecular complexity index is 717. The molecule has 116 valence electrons. The number of H-pyrrole nitrogens is 1. The second-order valence-corrected chi connectivity index (χ2v) is 5.49. The van der Waals surface area contributed by atoms with Crippen molar-refractivity contribution in [3.63, 3.8) is 0 Å². The molecule has 0 spiro atoms. The lowest BCUT2D eigenvalue weighted by Gasteiger charge is -2.13. The Morgan fingerprint density at radius 2 is 2.36 bits per heavy atom. The number of benzene rings is 1. The zero-order chi connectivity index (χ0) is 15.5. The summed E-state index contributed by atoms with van der Waals surface area (Å²) in [6, 6.07) is 7.00. The van der Waals surface area contributed by atoms with E-state index in [0.29, 0.717) is 23.9 Å². The molecule has 1 aromatic heterocycles. The van der Waals surface area contributed by atoms with E-state index in [4.69, 9.17) is 4.74 Å². The van der Waals surface area contributed by atoms with Crippen LogP contribution in [-0.2, 0) is 9.53 Å². The number of hydrogen-bond donors (Lipinski definition) is 2. The third-order valence-corrected chi connectivity index (χ3v) is 3.59. The van der Waals surface area contributed by atoms with Crippen molar-refractivity contribution in [3.05, 3.63) is 41.1 Å². The van der Waals surface area contributed by atoms with Gasteiger partial charge >= 0.3 is 5.69 Å². The number of aromatic nitrogens is 3. The molecule has 0 saturated heterocycles. The Balaban J connectivity index is 1.65. The fraction of sp³-hybridized carbons (Fsp3) is 0.400. The van der Waals surface area contributed by atoms with Gasteiger partial charge in [0.05, 0.1) is 12.3 Å². The van der Waals surface area contributed by atoms with E-state index in [-0.39, 0.29) is 11.6 Å². The molecule has 2 aromatic rings. The Morgan fingerprint density at radius 3 is 3.05 bits per heavy atom. The molecule has 1 aromatic carbocycles. The van der Waals surface area contributed by atoms with Gasteiger partial charge < -0.3 is 10.1 Å². The van der Waals surface area contributed by atoms with E-state index >= 15 is 0 Å². The van der Waals surface area contributed by atoms with E-state index in [1.807, 2.05) is 0 Å². The molecule has 1 unspecified atom stereocenters. The number of hydrogen-bond acceptors (Lipinski definition) is 4. The Labute approximate surface area is 127 Å². The summed E-state index contributed by atoms with van der Waals surface area (Å²) in [5.41, 5.74) is 0.908. The number of aromatic amines is 1. The predicted molar refractivity (Wildman–Crippen MR) is 81.0 cm³/mol. The number of amides is 1. The van der Waals surface area contributed by atoms with E-state index in [0.717, 1.165) is 0 Å². The maximum absolute atomic E-state index is 12.1. The maximum atomic E-state index is 12.1. The average molecular weight is 302 g/mol. The number of carbonyl (C=O) groups is 1. The minimum Gasteiger partial charge on any atom is -0.368 e. The number of nitrogens with one attached hydrogen (secondary N) is 2. The van der Waals surface area contributed by atoms with Gasteiger partial charge in [-0.1, -0.05) is 6.07 Å². The third-order valence-electron chi connectivity index (χ3n) is 3.59. The van der Waals surface area contributed by atoms with Crippen molar-refractivity contribution in [2.75, 3.05) is 11.9 Å². The highest BCUT2D eigenvalue weighted by Gasteiger charge is 2.24. The normalized spacial score (nSPS) is 15.5. The first kappa shape index (κ1) is 14.5. The Kier molecular flexibility index (Phi) is 4.06. The molecule has 2 N–H and O–H groups in total. The predicted octanol–water partition coefficient (Wildman–Crippen LogP) is 1.31. The van der Waals surface area contributed by atoms with Crippen LogP contribution in [0.2, 0.25) is 0 Å². The van der Waals surface area contributed by atoms with Crippen LogP contribution in [0.25, 0.3) is 5.69 Å². The Hall–Kier alpha value is -2.41. The van der Waals surface area contributed by atoms with Crippen LogP contribution < -0.4 is 11.0 Å². The molecule has 7 nitrogen and oxygen atoms in total. The summed E-state index contributed by atoms with van der Waals surface area (Å²) in [4.78, 5) is 23.6. The van der Waals surface area contributed by atoms with E-state index < -0.39 is 6.10 Å². The average Bonchev–Trinajstić information content (AvgIpc) is 3.25. The van der Waals surface area contributed by atoms with Crippen molar-refractivity contribution < 1.29 is 9.53 Å². The van der Waals surface area contributed by atoms with Gasteiger partial charge in [-0.15, -0.1) is 0 Å². The van der Waals surface area contributed by atoms with Crippen LogP contribution in [0.3, 0.4) is 0 Å². The van der Waals surface area contributed by atoms with Crippen LogP contribution in [0.5, 0.6) is 0 Å². The minimum absolute atomic E-state index is 0.197. The molecule has 1 aliphatic carbocycles. The first-order valence-electron chi connectivity index (χ1n) is 7.28. The summed E-state index contributed by atoms with van der Waals surface area (Å²) in [6.45, 7) is 2.38. The summed E-state index contributed by atoms with van der Waals surface area (Å²) >= 11 is 0. The zero-order valence-electron chi connectivity index (χ0n) is 12.3. The number of nitrogens with zero attached hydrogens (tertiary/aromatic N) is 2. The molecular formula is C15H18N4O3. The van der Waals surface area contributed by atoms with E-state index in [1.54, 1.807) is 31.2 Å². The van der Waals surface area contributed by atoms with Gasteiger partial charge in [0.25, 0.3) is 5.91 Å². The molecule has 1 fully saturated rings. The van der Waals surface area contributed by atoms with Crippen LogP contribution in [-0.4, -0.2) is 33.4 Å². The minimum atomic E-state index is -0.499. The van der Waals surface area contributed by atoms with E-state index in [9.17, 15) is 9.59 Å².